The smallest absolute Gasteiger partial charge is 0.356 e. The summed E-state index contributed by atoms with van der Waals surface area (Å²) in [4.78, 5) is 19.3. The lowest BCUT2D eigenvalue weighted by atomic mass is 10.3. The third-order valence-electron chi connectivity index (χ3n) is 2.81. The second-order valence-corrected chi connectivity index (χ2v) is 7.12. The maximum Gasteiger partial charge on any atom is 0.356 e. The van der Waals surface area contributed by atoms with Gasteiger partial charge in [0.1, 0.15) is 15.6 Å². The zero-order valence-electron chi connectivity index (χ0n) is 12.3. The second-order valence-electron chi connectivity index (χ2n) is 4.35. The van der Waals surface area contributed by atoms with E-state index in [2.05, 4.69) is 19.4 Å². The van der Waals surface area contributed by atoms with Gasteiger partial charge in [0, 0.05) is 6.20 Å². The molecule has 0 radical (unpaired) electrons. The molecule has 2 rings (SSSR count). The van der Waals surface area contributed by atoms with Gasteiger partial charge in [0.05, 0.1) is 17.8 Å². The molecule has 2 aromatic heterocycles. The zero-order chi connectivity index (χ0) is 16.3. The zero-order valence-corrected chi connectivity index (χ0v) is 13.9. The van der Waals surface area contributed by atoms with Crippen molar-refractivity contribution in [1.82, 2.24) is 9.97 Å². The molecular formula is C13H15N3O4S2. The first-order valence-electron chi connectivity index (χ1n) is 6.41. The quantitative estimate of drug-likeness (QED) is 0.835. The Morgan fingerprint density at radius 2 is 2.14 bits per heavy atom. The van der Waals surface area contributed by atoms with Crippen molar-refractivity contribution in [3.8, 4) is 0 Å². The molecule has 0 saturated carbocycles. The molecule has 1 N–H and O–H groups in total. The Kier molecular flexibility index (Phi) is 4.77. The first-order chi connectivity index (χ1) is 10.4. The van der Waals surface area contributed by atoms with Crippen LogP contribution in [0.1, 0.15) is 28.1 Å². The lowest BCUT2D eigenvalue weighted by molar-refractivity contribution is 0.0594. The van der Waals surface area contributed by atoms with Crippen LogP contribution >= 0.6 is 11.3 Å². The summed E-state index contributed by atoms with van der Waals surface area (Å²) in [6.45, 7) is 3.69. The highest BCUT2D eigenvalue weighted by Gasteiger charge is 2.19. The van der Waals surface area contributed by atoms with Crippen LogP contribution in [0.4, 0.5) is 5.00 Å². The summed E-state index contributed by atoms with van der Waals surface area (Å²) >= 11 is 1.30. The van der Waals surface area contributed by atoms with Crippen LogP contribution in [0.15, 0.2) is 23.2 Å². The number of carbonyl (C=O) groups is 1. The molecule has 0 bridgehead atoms. The van der Waals surface area contributed by atoms with Gasteiger partial charge in [-0.2, -0.15) is 0 Å². The molecule has 7 nitrogen and oxygen atoms in total. The number of aromatic nitrogens is 2. The van der Waals surface area contributed by atoms with Gasteiger partial charge in [-0.25, -0.2) is 23.2 Å². The molecule has 0 amide bonds. The molecule has 0 aliphatic heterocycles. The van der Waals surface area contributed by atoms with Gasteiger partial charge in [-0.15, -0.1) is 11.3 Å². The van der Waals surface area contributed by atoms with Crippen molar-refractivity contribution in [2.24, 2.45) is 0 Å². The molecule has 2 aromatic rings. The standard InChI is InChI=1S/C13H15N3O4S2/c1-4-11-15-8(2)12(21-11)16-22(18,19)9-5-6-10(14-7-9)13(17)20-3/h5-7,16H,4H2,1-3H3. The molecule has 0 aromatic carbocycles. The molecule has 0 saturated heterocycles. The fraction of sp³-hybridized carbons (Fsp3) is 0.308. The van der Waals surface area contributed by atoms with E-state index in [0.29, 0.717) is 10.7 Å². The van der Waals surface area contributed by atoms with Crippen LogP contribution in [0.5, 0.6) is 0 Å². The van der Waals surface area contributed by atoms with Crippen molar-refractivity contribution < 1.29 is 17.9 Å². The molecule has 0 spiro atoms. The Morgan fingerprint density at radius 3 is 2.64 bits per heavy atom. The fourth-order valence-corrected chi connectivity index (χ4v) is 3.84. The minimum Gasteiger partial charge on any atom is -0.464 e. The molecule has 22 heavy (non-hydrogen) atoms. The van der Waals surface area contributed by atoms with Gasteiger partial charge in [-0.3, -0.25) is 4.72 Å². The van der Waals surface area contributed by atoms with Crippen LogP contribution in [0, 0.1) is 6.92 Å². The van der Waals surface area contributed by atoms with E-state index in [1.54, 1.807) is 6.92 Å². The lowest BCUT2D eigenvalue weighted by Gasteiger charge is -2.06. The maximum atomic E-state index is 12.3. The highest BCUT2D eigenvalue weighted by molar-refractivity contribution is 7.93. The predicted octanol–water partition coefficient (Wildman–Crippen LogP) is 2.00. The van der Waals surface area contributed by atoms with E-state index in [1.807, 2.05) is 6.92 Å². The van der Waals surface area contributed by atoms with Gasteiger partial charge in [-0.05, 0) is 25.5 Å². The van der Waals surface area contributed by atoms with E-state index in [1.165, 1.54) is 30.6 Å². The highest BCUT2D eigenvalue weighted by Crippen LogP contribution is 2.26. The minimum absolute atomic E-state index is 0.0361. The summed E-state index contributed by atoms with van der Waals surface area (Å²) in [5, 5.41) is 1.34. The van der Waals surface area contributed by atoms with Gasteiger partial charge in [0.15, 0.2) is 0 Å². The van der Waals surface area contributed by atoms with Crippen LogP contribution in [0.3, 0.4) is 0 Å². The van der Waals surface area contributed by atoms with E-state index in [4.69, 9.17) is 0 Å². The van der Waals surface area contributed by atoms with E-state index >= 15 is 0 Å². The molecule has 0 aliphatic rings. The lowest BCUT2D eigenvalue weighted by Crippen LogP contribution is -2.14. The Labute approximate surface area is 132 Å². The van der Waals surface area contributed by atoms with Crippen molar-refractivity contribution >= 4 is 32.3 Å². The van der Waals surface area contributed by atoms with Crippen LogP contribution in [-0.4, -0.2) is 31.5 Å². The van der Waals surface area contributed by atoms with Crippen LogP contribution in [-0.2, 0) is 21.2 Å². The van der Waals surface area contributed by atoms with Crippen molar-refractivity contribution in [1.29, 1.82) is 0 Å². The van der Waals surface area contributed by atoms with Gasteiger partial charge in [-0.1, -0.05) is 6.92 Å². The average molecular weight is 341 g/mol. The molecule has 118 valence electrons. The third kappa shape index (κ3) is 3.42. The number of nitrogens with zero attached hydrogens (tertiary/aromatic N) is 2. The van der Waals surface area contributed by atoms with Crippen molar-refractivity contribution in [2.75, 3.05) is 11.8 Å². The monoisotopic (exact) mass is 341 g/mol. The fourth-order valence-electron chi connectivity index (χ4n) is 1.64. The van der Waals surface area contributed by atoms with Gasteiger partial charge in [0.2, 0.25) is 0 Å². The molecule has 9 heteroatoms. The van der Waals surface area contributed by atoms with Crippen molar-refractivity contribution in [3.05, 3.63) is 34.7 Å². The largest absolute Gasteiger partial charge is 0.464 e. The summed E-state index contributed by atoms with van der Waals surface area (Å²) in [6.07, 6.45) is 1.86. The summed E-state index contributed by atoms with van der Waals surface area (Å²) in [7, 11) is -2.54. The number of anilines is 1. The molecule has 0 aliphatic carbocycles. The Bertz CT molecular complexity index is 782. The second kappa shape index (κ2) is 6.41. The number of esters is 1. The summed E-state index contributed by atoms with van der Waals surface area (Å²) < 4.78 is 31.6. The number of sulfonamides is 1. The molecule has 0 unspecified atom stereocenters. The van der Waals surface area contributed by atoms with Gasteiger partial charge < -0.3 is 4.74 Å². The summed E-state index contributed by atoms with van der Waals surface area (Å²) in [6, 6.07) is 2.61. The molecule has 2 heterocycles. The molecule has 0 atom stereocenters. The number of thiazole rings is 1. The Morgan fingerprint density at radius 1 is 1.41 bits per heavy atom. The average Bonchev–Trinajstić information content (AvgIpc) is 2.86. The number of ether oxygens (including phenoxy) is 1. The van der Waals surface area contributed by atoms with Gasteiger partial charge in [0.25, 0.3) is 10.0 Å². The number of carbonyl (C=O) groups excluding carboxylic acids is 1. The van der Waals surface area contributed by atoms with Crippen molar-refractivity contribution in [3.63, 3.8) is 0 Å². The number of hydrogen-bond acceptors (Lipinski definition) is 7. The number of nitrogens with one attached hydrogen (secondary N) is 1. The maximum absolute atomic E-state index is 12.3. The number of hydrogen-bond donors (Lipinski definition) is 1. The van der Waals surface area contributed by atoms with E-state index in [-0.39, 0.29) is 10.6 Å². The van der Waals surface area contributed by atoms with E-state index in [9.17, 15) is 13.2 Å². The van der Waals surface area contributed by atoms with Crippen LogP contribution in [0.2, 0.25) is 0 Å². The molecular weight excluding hydrogens is 326 g/mol. The first-order valence-corrected chi connectivity index (χ1v) is 8.71. The predicted molar refractivity (Wildman–Crippen MR) is 82.6 cm³/mol. The normalized spacial score (nSPS) is 11.2. The highest BCUT2D eigenvalue weighted by atomic mass is 32.2. The van der Waals surface area contributed by atoms with E-state index in [0.717, 1.165) is 17.6 Å². The topological polar surface area (TPSA) is 98.2 Å². The van der Waals surface area contributed by atoms with Crippen molar-refractivity contribution in [2.45, 2.75) is 25.2 Å². The van der Waals surface area contributed by atoms with Crippen LogP contribution < -0.4 is 4.72 Å². The van der Waals surface area contributed by atoms with E-state index < -0.39 is 16.0 Å². The number of pyridine rings is 1. The van der Waals surface area contributed by atoms with Crippen LogP contribution in [0.25, 0.3) is 0 Å². The summed E-state index contributed by atoms with van der Waals surface area (Å²) in [5.74, 6) is -0.622. The van der Waals surface area contributed by atoms with Gasteiger partial charge >= 0.3 is 5.97 Å². The molecule has 0 fully saturated rings. The first kappa shape index (κ1) is 16.4. The number of rotatable bonds is 5. The summed E-state index contributed by atoms with van der Waals surface area (Å²) in [5.41, 5.74) is 0.674. The SMILES string of the molecule is CCc1nc(C)c(NS(=O)(=O)c2ccc(C(=O)OC)nc2)s1. The number of methoxy groups -OCH3 is 1. The Hall–Kier alpha value is -2.00. The number of aryl methyl sites for hydroxylation is 2. The Balaban J connectivity index is 2.26. The minimum atomic E-state index is -3.77. The third-order valence-corrected chi connectivity index (χ3v) is 5.49.